The fourth-order valence-corrected chi connectivity index (χ4v) is 5.62. The summed E-state index contributed by atoms with van der Waals surface area (Å²) in [6.45, 7) is 4.00. The Morgan fingerprint density at radius 2 is 1.85 bits per heavy atom. The summed E-state index contributed by atoms with van der Waals surface area (Å²) in [5, 5.41) is 0.187. The van der Waals surface area contributed by atoms with Crippen molar-refractivity contribution in [2.24, 2.45) is 4.99 Å². The number of thiazole rings is 1. The molecule has 1 unspecified atom stereocenters. The van der Waals surface area contributed by atoms with Crippen molar-refractivity contribution in [1.82, 2.24) is 4.57 Å². The van der Waals surface area contributed by atoms with E-state index < -0.39 is 23.4 Å². The third-order valence-electron chi connectivity index (χ3n) is 6.24. The number of aromatic nitrogens is 1. The van der Waals surface area contributed by atoms with Crippen molar-refractivity contribution >= 4 is 35.0 Å². The number of carbonyl (C=O) groups excluding carboxylic acids is 1. The highest BCUT2D eigenvalue weighted by Crippen LogP contribution is 2.32. The number of fused-ring (bicyclic) bond motifs is 1. The Bertz CT molecular complexity index is 1720. The summed E-state index contributed by atoms with van der Waals surface area (Å²) in [6, 6.07) is 20.6. The summed E-state index contributed by atoms with van der Waals surface area (Å²) in [4.78, 5) is 31.7. The van der Waals surface area contributed by atoms with E-state index >= 15 is 0 Å². The van der Waals surface area contributed by atoms with Crippen LogP contribution in [0.1, 0.15) is 36.6 Å². The lowest BCUT2D eigenvalue weighted by Gasteiger charge is -2.24. The van der Waals surface area contributed by atoms with Gasteiger partial charge in [-0.2, -0.15) is 0 Å². The maximum absolute atomic E-state index is 14.5. The van der Waals surface area contributed by atoms with Crippen molar-refractivity contribution in [2.75, 3.05) is 6.61 Å². The minimum Gasteiger partial charge on any atom is -0.489 e. The van der Waals surface area contributed by atoms with Gasteiger partial charge in [0.15, 0.2) is 4.80 Å². The van der Waals surface area contributed by atoms with E-state index in [2.05, 4.69) is 4.99 Å². The van der Waals surface area contributed by atoms with E-state index in [1.165, 1.54) is 22.8 Å². The van der Waals surface area contributed by atoms with Gasteiger partial charge in [0.05, 0.1) is 33.5 Å². The lowest BCUT2D eigenvalue weighted by atomic mass is 9.96. The van der Waals surface area contributed by atoms with Gasteiger partial charge in [0, 0.05) is 5.56 Å². The zero-order chi connectivity index (χ0) is 27.5. The Labute approximate surface area is 232 Å². The van der Waals surface area contributed by atoms with Crippen molar-refractivity contribution in [1.29, 1.82) is 0 Å². The number of benzene rings is 3. The van der Waals surface area contributed by atoms with Crippen LogP contribution < -0.4 is 19.6 Å². The molecule has 0 fully saturated rings. The molecule has 9 heteroatoms. The van der Waals surface area contributed by atoms with E-state index in [0.29, 0.717) is 28.4 Å². The first kappa shape index (κ1) is 26.6. The summed E-state index contributed by atoms with van der Waals surface area (Å²) in [7, 11) is 0. The molecule has 0 saturated heterocycles. The number of hydrogen-bond donors (Lipinski definition) is 0. The molecule has 198 valence electrons. The average molecular weight is 563 g/mol. The molecular weight excluding hydrogens is 539 g/mol. The number of allylic oxidation sites excluding steroid dienone is 1. The molecule has 0 N–H and O–H groups in total. The molecule has 2 heterocycles. The van der Waals surface area contributed by atoms with Crippen molar-refractivity contribution in [3.05, 3.63) is 131 Å². The third-order valence-corrected chi connectivity index (χ3v) is 7.55. The second-order valence-corrected chi connectivity index (χ2v) is 10.2. The highest BCUT2D eigenvalue weighted by Gasteiger charge is 2.33. The quantitative estimate of drug-likeness (QED) is 0.291. The number of esters is 1. The van der Waals surface area contributed by atoms with E-state index in [0.717, 1.165) is 16.9 Å². The SMILES string of the molecule is CCOC(=O)C1=C(C)N=c2sc(=Cc3c(F)cccc3Cl)c(=O)n2C1c1ccc(OCc2ccccc2)cc1. The highest BCUT2D eigenvalue weighted by molar-refractivity contribution is 7.07. The standard InChI is InChI=1S/C30H24ClFN2O4S/c1-3-37-29(36)26-18(2)33-30-34(28(35)25(39-30)16-22-23(31)10-7-11-24(22)32)27(26)20-12-14-21(15-13-20)38-17-19-8-5-4-6-9-19/h4-16,27H,3,17H2,1-2H3. The predicted octanol–water partition coefficient (Wildman–Crippen LogP) is 5.17. The van der Waals surface area contributed by atoms with E-state index in [1.54, 1.807) is 32.0 Å². The van der Waals surface area contributed by atoms with Crippen molar-refractivity contribution < 1.29 is 18.7 Å². The van der Waals surface area contributed by atoms with E-state index in [1.807, 2.05) is 42.5 Å². The molecule has 1 atom stereocenters. The van der Waals surface area contributed by atoms with Crippen molar-refractivity contribution in [2.45, 2.75) is 26.5 Å². The molecule has 0 amide bonds. The molecule has 39 heavy (non-hydrogen) atoms. The number of rotatable bonds is 7. The Balaban J connectivity index is 1.59. The average Bonchev–Trinajstić information content (AvgIpc) is 3.24. The Hall–Kier alpha value is -4.01. The smallest absolute Gasteiger partial charge is 0.338 e. The first-order valence-corrected chi connectivity index (χ1v) is 13.5. The maximum Gasteiger partial charge on any atom is 0.338 e. The van der Waals surface area contributed by atoms with Crippen LogP contribution in [0.4, 0.5) is 4.39 Å². The van der Waals surface area contributed by atoms with Crippen LogP contribution in [0.15, 0.2) is 93.9 Å². The van der Waals surface area contributed by atoms with Gasteiger partial charge in [0.1, 0.15) is 18.2 Å². The molecule has 6 nitrogen and oxygen atoms in total. The molecular formula is C30H24ClFN2O4S. The Morgan fingerprint density at radius 3 is 2.54 bits per heavy atom. The molecule has 0 aliphatic carbocycles. The number of hydrogen-bond acceptors (Lipinski definition) is 6. The fraction of sp³-hybridized carbons (Fsp3) is 0.167. The first-order valence-electron chi connectivity index (χ1n) is 12.3. The topological polar surface area (TPSA) is 69.9 Å². The van der Waals surface area contributed by atoms with Gasteiger partial charge in [0.25, 0.3) is 5.56 Å². The van der Waals surface area contributed by atoms with E-state index in [4.69, 9.17) is 21.1 Å². The van der Waals surface area contributed by atoms with Crippen LogP contribution in [0.3, 0.4) is 0 Å². The summed E-state index contributed by atoms with van der Waals surface area (Å²) < 4.78 is 27.4. The molecule has 1 aliphatic rings. The van der Waals surface area contributed by atoms with Crippen LogP contribution in [0.25, 0.3) is 6.08 Å². The molecule has 5 rings (SSSR count). The summed E-state index contributed by atoms with van der Waals surface area (Å²) in [6.07, 6.45) is 1.42. The van der Waals surface area contributed by atoms with Gasteiger partial charge < -0.3 is 9.47 Å². The molecule has 1 aromatic heterocycles. The second-order valence-electron chi connectivity index (χ2n) is 8.78. The van der Waals surface area contributed by atoms with Crippen LogP contribution in [0, 0.1) is 5.82 Å². The van der Waals surface area contributed by atoms with Crippen LogP contribution in [0.2, 0.25) is 5.02 Å². The van der Waals surface area contributed by atoms with Gasteiger partial charge >= 0.3 is 5.97 Å². The zero-order valence-electron chi connectivity index (χ0n) is 21.2. The van der Waals surface area contributed by atoms with Crippen molar-refractivity contribution in [3.8, 4) is 5.75 Å². The van der Waals surface area contributed by atoms with Gasteiger partial charge in [-0.15, -0.1) is 0 Å². The molecule has 4 aromatic rings. The molecule has 0 spiro atoms. The normalized spacial score (nSPS) is 15.1. The highest BCUT2D eigenvalue weighted by atomic mass is 35.5. The lowest BCUT2D eigenvalue weighted by Crippen LogP contribution is -2.39. The van der Waals surface area contributed by atoms with Gasteiger partial charge in [-0.1, -0.05) is 71.5 Å². The number of ether oxygens (including phenoxy) is 2. The van der Waals surface area contributed by atoms with Crippen LogP contribution in [-0.4, -0.2) is 17.1 Å². The summed E-state index contributed by atoms with van der Waals surface area (Å²) in [5.41, 5.74) is 2.11. The summed E-state index contributed by atoms with van der Waals surface area (Å²) in [5.74, 6) is -0.457. The summed E-state index contributed by atoms with van der Waals surface area (Å²) >= 11 is 7.31. The van der Waals surface area contributed by atoms with Crippen LogP contribution in [-0.2, 0) is 16.1 Å². The molecule has 1 aliphatic heterocycles. The first-order chi connectivity index (χ1) is 18.9. The Morgan fingerprint density at radius 1 is 1.10 bits per heavy atom. The largest absolute Gasteiger partial charge is 0.489 e. The number of nitrogens with zero attached hydrogens (tertiary/aromatic N) is 2. The third kappa shape index (κ3) is 5.44. The number of halogens is 2. The minimum atomic E-state index is -0.790. The van der Waals surface area contributed by atoms with E-state index in [9.17, 15) is 14.0 Å². The van der Waals surface area contributed by atoms with Gasteiger partial charge in [-0.3, -0.25) is 9.36 Å². The van der Waals surface area contributed by atoms with Gasteiger partial charge in [-0.25, -0.2) is 14.2 Å². The van der Waals surface area contributed by atoms with E-state index in [-0.39, 0.29) is 27.3 Å². The molecule has 3 aromatic carbocycles. The fourth-order valence-electron chi connectivity index (χ4n) is 4.37. The molecule has 0 radical (unpaired) electrons. The molecule has 0 saturated carbocycles. The van der Waals surface area contributed by atoms with Crippen LogP contribution >= 0.6 is 22.9 Å². The van der Waals surface area contributed by atoms with Crippen molar-refractivity contribution in [3.63, 3.8) is 0 Å². The number of carbonyl (C=O) groups is 1. The Kier molecular flexibility index (Phi) is 7.77. The lowest BCUT2D eigenvalue weighted by molar-refractivity contribution is -0.139. The second kappa shape index (κ2) is 11.4. The monoisotopic (exact) mass is 562 g/mol. The minimum absolute atomic E-state index is 0.113. The zero-order valence-corrected chi connectivity index (χ0v) is 22.8. The molecule has 0 bridgehead atoms. The predicted molar refractivity (Wildman–Crippen MR) is 149 cm³/mol. The van der Waals surface area contributed by atoms with Gasteiger partial charge in [0.2, 0.25) is 0 Å². The van der Waals surface area contributed by atoms with Gasteiger partial charge in [-0.05, 0) is 55.3 Å². The maximum atomic E-state index is 14.5. The van der Waals surface area contributed by atoms with Crippen LogP contribution in [0.5, 0.6) is 5.75 Å².